The standard InChI is InChI=1S/C17H20O/c1-11-7-16(8-12(2)14(11)4)10-15-5-6-17(18)13(3)9-15/h5-9,18H,10H2,1-4H3. The van der Waals surface area contributed by atoms with Gasteiger partial charge in [-0.1, -0.05) is 24.3 Å². The van der Waals surface area contributed by atoms with Gasteiger partial charge in [0.1, 0.15) is 5.75 Å². The van der Waals surface area contributed by atoms with E-state index in [2.05, 4.69) is 39.0 Å². The first kappa shape index (κ1) is 12.7. The lowest BCUT2D eigenvalue weighted by Gasteiger charge is -2.10. The predicted octanol–water partition coefficient (Wildman–Crippen LogP) is 4.22. The number of hydrogen-bond acceptors (Lipinski definition) is 1. The second kappa shape index (κ2) is 4.85. The van der Waals surface area contributed by atoms with Crippen LogP contribution in [0.1, 0.15) is 33.4 Å². The van der Waals surface area contributed by atoms with Gasteiger partial charge in [0.05, 0.1) is 0 Å². The van der Waals surface area contributed by atoms with Crippen molar-refractivity contribution in [3.63, 3.8) is 0 Å². The predicted molar refractivity (Wildman–Crippen MR) is 76.3 cm³/mol. The van der Waals surface area contributed by atoms with Gasteiger partial charge in [0.2, 0.25) is 0 Å². The largest absolute Gasteiger partial charge is 0.508 e. The van der Waals surface area contributed by atoms with Crippen molar-refractivity contribution in [2.45, 2.75) is 34.1 Å². The molecule has 2 rings (SSSR count). The average molecular weight is 240 g/mol. The lowest BCUT2D eigenvalue weighted by molar-refractivity contribution is 0.471. The maximum Gasteiger partial charge on any atom is 0.118 e. The second-order valence-electron chi connectivity index (χ2n) is 5.15. The first-order chi connectivity index (χ1) is 8.47. The topological polar surface area (TPSA) is 20.2 Å². The van der Waals surface area contributed by atoms with Gasteiger partial charge in [-0.2, -0.15) is 0 Å². The summed E-state index contributed by atoms with van der Waals surface area (Å²) in [6.07, 6.45) is 0.920. The highest BCUT2D eigenvalue weighted by atomic mass is 16.3. The number of hydrogen-bond donors (Lipinski definition) is 1. The minimum atomic E-state index is 0.370. The third-order valence-electron chi connectivity index (χ3n) is 3.66. The number of phenols is 1. The molecule has 0 aliphatic rings. The van der Waals surface area contributed by atoms with Gasteiger partial charge >= 0.3 is 0 Å². The van der Waals surface area contributed by atoms with E-state index in [1.165, 1.54) is 27.8 Å². The zero-order valence-corrected chi connectivity index (χ0v) is 11.5. The molecule has 94 valence electrons. The number of aromatic hydroxyl groups is 1. The van der Waals surface area contributed by atoms with Crippen molar-refractivity contribution in [3.8, 4) is 5.75 Å². The summed E-state index contributed by atoms with van der Waals surface area (Å²) in [7, 11) is 0. The molecule has 0 saturated heterocycles. The molecule has 0 amide bonds. The number of aryl methyl sites for hydroxylation is 3. The Balaban J connectivity index is 2.31. The molecule has 0 unspecified atom stereocenters. The maximum absolute atomic E-state index is 9.53. The Morgan fingerprint density at radius 2 is 1.33 bits per heavy atom. The van der Waals surface area contributed by atoms with Crippen LogP contribution in [-0.4, -0.2) is 5.11 Å². The molecule has 0 fully saturated rings. The summed E-state index contributed by atoms with van der Waals surface area (Å²) in [6.45, 7) is 8.42. The van der Waals surface area contributed by atoms with Crippen molar-refractivity contribution in [1.29, 1.82) is 0 Å². The molecule has 1 nitrogen and oxygen atoms in total. The fraction of sp³-hybridized carbons (Fsp3) is 0.294. The lowest BCUT2D eigenvalue weighted by Crippen LogP contribution is -1.94. The van der Waals surface area contributed by atoms with Crippen molar-refractivity contribution in [3.05, 3.63) is 63.7 Å². The zero-order valence-electron chi connectivity index (χ0n) is 11.5. The highest BCUT2D eigenvalue weighted by Crippen LogP contribution is 2.21. The van der Waals surface area contributed by atoms with E-state index in [0.29, 0.717) is 5.75 Å². The second-order valence-corrected chi connectivity index (χ2v) is 5.15. The molecule has 0 aliphatic carbocycles. The van der Waals surface area contributed by atoms with Crippen LogP contribution in [0, 0.1) is 27.7 Å². The molecule has 2 aromatic carbocycles. The van der Waals surface area contributed by atoms with Gasteiger partial charge in [-0.05, 0) is 73.6 Å². The molecule has 0 atom stereocenters. The summed E-state index contributed by atoms with van der Waals surface area (Å²) in [5, 5.41) is 9.53. The van der Waals surface area contributed by atoms with Crippen LogP contribution in [0.15, 0.2) is 30.3 Å². The Morgan fingerprint density at radius 1 is 0.778 bits per heavy atom. The van der Waals surface area contributed by atoms with Crippen LogP contribution in [0.4, 0.5) is 0 Å². The molecule has 18 heavy (non-hydrogen) atoms. The van der Waals surface area contributed by atoms with E-state index in [1.807, 2.05) is 13.0 Å². The van der Waals surface area contributed by atoms with E-state index in [9.17, 15) is 5.11 Å². The summed E-state index contributed by atoms with van der Waals surface area (Å²) in [5.41, 5.74) is 7.59. The molecule has 1 N–H and O–H groups in total. The summed E-state index contributed by atoms with van der Waals surface area (Å²) in [4.78, 5) is 0. The van der Waals surface area contributed by atoms with Gasteiger partial charge in [-0.3, -0.25) is 0 Å². The summed E-state index contributed by atoms with van der Waals surface area (Å²) in [5.74, 6) is 0.370. The first-order valence-corrected chi connectivity index (χ1v) is 6.32. The molecule has 0 saturated carbocycles. The van der Waals surface area contributed by atoms with Gasteiger partial charge in [0, 0.05) is 0 Å². The number of phenolic OH excluding ortho intramolecular Hbond substituents is 1. The van der Waals surface area contributed by atoms with Crippen LogP contribution in [0.3, 0.4) is 0 Å². The monoisotopic (exact) mass is 240 g/mol. The van der Waals surface area contributed by atoms with E-state index >= 15 is 0 Å². The first-order valence-electron chi connectivity index (χ1n) is 6.32. The van der Waals surface area contributed by atoms with Gasteiger partial charge in [-0.25, -0.2) is 0 Å². The fourth-order valence-corrected chi connectivity index (χ4v) is 2.29. The molecule has 0 aromatic heterocycles. The normalized spacial score (nSPS) is 10.7. The highest BCUT2D eigenvalue weighted by molar-refractivity contribution is 5.41. The van der Waals surface area contributed by atoms with Gasteiger partial charge in [0.15, 0.2) is 0 Å². The van der Waals surface area contributed by atoms with E-state index in [4.69, 9.17) is 0 Å². The minimum absolute atomic E-state index is 0.370. The van der Waals surface area contributed by atoms with Crippen molar-refractivity contribution in [2.24, 2.45) is 0 Å². The van der Waals surface area contributed by atoms with E-state index in [0.717, 1.165) is 12.0 Å². The van der Waals surface area contributed by atoms with Crippen molar-refractivity contribution >= 4 is 0 Å². The Kier molecular flexibility index (Phi) is 3.42. The minimum Gasteiger partial charge on any atom is -0.508 e. The number of rotatable bonds is 2. The summed E-state index contributed by atoms with van der Waals surface area (Å²) >= 11 is 0. The Hall–Kier alpha value is -1.76. The van der Waals surface area contributed by atoms with E-state index in [-0.39, 0.29) is 0 Å². The van der Waals surface area contributed by atoms with Crippen LogP contribution in [0.2, 0.25) is 0 Å². The highest BCUT2D eigenvalue weighted by Gasteiger charge is 2.03. The average Bonchev–Trinajstić information content (AvgIpc) is 2.31. The summed E-state index contributed by atoms with van der Waals surface area (Å²) in [6, 6.07) is 10.3. The molecule has 0 radical (unpaired) electrons. The SMILES string of the molecule is Cc1cc(Cc2cc(C)c(C)c(C)c2)ccc1O. The molecule has 0 aliphatic heterocycles. The third-order valence-corrected chi connectivity index (χ3v) is 3.66. The molecule has 1 heteroatoms. The zero-order chi connectivity index (χ0) is 13.3. The van der Waals surface area contributed by atoms with Crippen molar-refractivity contribution in [2.75, 3.05) is 0 Å². The quantitative estimate of drug-likeness (QED) is 0.833. The smallest absolute Gasteiger partial charge is 0.118 e. The van der Waals surface area contributed by atoms with Crippen LogP contribution < -0.4 is 0 Å². The van der Waals surface area contributed by atoms with Crippen LogP contribution in [0.5, 0.6) is 5.75 Å². The molecular formula is C17H20O. The van der Waals surface area contributed by atoms with Crippen molar-refractivity contribution < 1.29 is 5.11 Å². The fourth-order valence-electron chi connectivity index (χ4n) is 2.29. The van der Waals surface area contributed by atoms with Gasteiger partial charge in [-0.15, -0.1) is 0 Å². The molecule has 0 spiro atoms. The Morgan fingerprint density at radius 3 is 1.89 bits per heavy atom. The van der Waals surface area contributed by atoms with E-state index < -0.39 is 0 Å². The molecule has 0 bridgehead atoms. The molecular weight excluding hydrogens is 220 g/mol. The van der Waals surface area contributed by atoms with Crippen LogP contribution in [-0.2, 0) is 6.42 Å². The lowest BCUT2D eigenvalue weighted by atomic mass is 9.96. The Bertz CT molecular complexity index is 559. The third kappa shape index (κ3) is 2.56. The number of benzene rings is 2. The molecule has 2 aromatic rings. The van der Waals surface area contributed by atoms with Crippen LogP contribution in [0.25, 0.3) is 0 Å². The molecule has 0 heterocycles. The van der Waals surface area contributed by atoms with E-state index in [1.54, 1.807) is 6.07 Å². The summed E-state index contributed by atoms with van der Waals surface area (Å²) < 4.78 is 0. The van der Waals surface area contributed by atoms with Crippen molar-refractivity contribution in [1.82, 2.24) is 0 Å². The van der Waals surface area contributed by atoms with Crippen LogP contribution >= 0.6 is 0 Å². The Labute approximate surface area is 109 Å². The van der Waals surface area contributed by atoms with Gasteiger partial charge < -0.3 is 5.11 Å². The van der Waals surface area contributed by atoms with Gasteiger partial charge in [0.25, 0.3) is 0 Å². The maximum atomic E-state index is 9.53.